The van der Waals surface area contributed by atoms with Crippen molar-refractivity contribution in [3.63, 3.8) is 0 Å². The maximum Gasteiger partial charge on any atom is 0.337 e. The maximum absolute atomic E-state index is 13.6. The second-order valence-electron chi connectivity index (χ2n) is 3.96. The molecule has 1 aromatic carbocycles. The molecular weight excluding hydrogens is 209 g/mol. The largest absolute Gasteiger partial charge is 0.465 e. The maximum atomic E-state index is 13.6. The zero-order valence-corrected chi connectivity index (χ0v) is 9.13. The summed E-state index contributed by atoms with van der Waals surface area (Å²) in [6.45, 7) is 0. The topological polar surface area (TPSA) is 38.3 Å². The predicted octanol–water partition coefficient (Wildman–Crippen LogP) is 2.58. The second-order valence-corrected chi connectivity index (χ2v) is 3.96. The molecule has 4 heteroatoms. The van der Waals surface area contributed by atoms with Gasteiger partial charge in [0.15, 0.2) is 0 Å². The molecule has 0 spiro atoms. The van der Waals surface area contributed by atoms with Crippen LogP contribution in [0.2, 0.25) is 0 Å². The highest BCUT2D eigenvalue weighted by Gasteiger charge is 2.18. The fourth-order valence-corrected chi connectivity index (χ4v) is 1.65. The smallest absolute Gasteiger partial charge is 0.337 e. The van der Waals surface area contributed by atoms with Gasteiger partial charge in [0.1, 0.15) is 5.82 Å². The van der Waals surface area contributed by atoms with Crippen molar-refractivity contribution in [2.24, 2.45) is 0 Å². The summed E-state index contributed by atoms with van der Waals surface area (Å²) in [5, 5.41) is 3.10. The molecule has 0 saturated heterocycles. The van der Waals surface area contributed by atoms with E-state index < -0.39 is 11.8 Å². The van der Waals surface area contributed by atoms with Gasteiger partial charge in [-0.2, -0.15) is 0 Å². The third kappa shape index (κ3) is 2.15. The Bertz CT molecular complexity index is 402. The summed E-state index contributed by atoms with van der Waals surface area (Å²) < 4.78 is 18.1. The van der Waals surface area contributed by atoms with E-state index in [9.17, 15) is 9.18 Å². The molecule has 0 radical (unpaired) electrons. The normalized spacial score (nSPS) is 15.4. The van der Waals surface area contributed by atoms with Crippen LogP contribution in [0.4, 0.5) is 10.1 Å². The van der Waals surface area contributed by atoms with Gasteiger partial charge in [0.2, 0.25) is 0 Å². The molecule has 2 rings (SSSR count). The molecule has 1 N–H and O–H groups in total. The monoisotopic (exact) mass is 223 g/mol. The molecule has 1 saturated carbocycles. The number of carbonyl (C=O) groups excluding carboxylic acids is 1. The van der Waals surface area contributed by atoms with Crippen molar-refractivity contribution < 1.29 is 13.9 Å². The summed E-state index contributed by atoms with van der Waals surface area (Å²) in [5.74, 6) is -0.927. The first-order chi connectivity index (χ1) is 7.70. The fourth-order valence-electron chi connectivity index (χ4n) is 1.65. The lowest BCUT2D eigenvalue weighted by Gasteiger charge is -2.27. The third-order valence-corrected chi connectivity index (χ3v) is 2.85. The van der Waals surface area contributed by atoms with Crippen LogP contribution in [0.25, 0.3) is 0 Å². The Morgan fingerprint density at radius 1 is 1.50 bits per heavy atom. The number of nitrogens with one attached hydrogen (secondary N) is 1. The van der Waals surface area contributed by atoms with E-state index >= 15 is 0 Å². The predicted molar refractivity (Wildman–Crippen MR) is 59.0 cm³/mol. The molecule has 86 valence electrons. The minimum Gasteiger partial charge on any atom is -0.465 e. The van der Waals surface area contributed by atoms with Gasteiger partial charge < -0.3 is 10.1 Å². The van der Waals surface area contributed by atoms with E-state index in [2.05, 4.69) is 10.1 Å². The lowest BCUT2D eigenvalue weighted by molar-refractivity contribution is 0.0600. The van der Waals surface area contributed by atoms with Crippen molar-refractivity contribution in [2.45, 2.75) is 25.3 Å². The third-order valence-electron chi connectivity index (χ3n) is 2.85. The van der Waals surface area contributed by atoms with E-state index in [-0.39, 0.29) is 5.56 Å². The van der Waals surface area contributed by atoms with Gasteiger partial charge in [0, 0.05) is 6.04 Å². The Labute approximate surface area is 93.6 Å². The van der Waals surface area contributed by atoms with Crippen LogP contribution in [0, 0.1) is 5.82 Å². The van der Waals surface area contributed by atoms with Gasteiger partial charge in [0.25, 0.3) is 0 Å². The van der Waals surface area contributed by atoms with Crippen LogP contribution in [-0.2, 0) is 4.74 Å². The molecule has 0 heterocycles. The molecule has 0 atom stereocenters. The van der Waals surface area contributed by atoms with E-state index in [1.54, 1.807) is 12.1 Å². The number of halogens is 1. The molecule has 0 amide bonds. The van der Waals surface area contributed by atoms with Crippen molar-refractivity contribution in [1.29, 1.82) is 0 Å². The number of esters is 1. The van der Waals surface area contributed by atoms with Crippen molar-refractivity contribution in [3.05, 3.63) is 29.6 Å². The van der Waals surface area contributed by atoms with Crippen LogP contribution in [-0.4, -0.2) is 19.1 Å². The summed E-state index contributed by atoms with van der Waals surface area (Å²) in [4.78, 5) is 11.2. The molecule has 0 aromatic heterocycles. The van der Waals surface area contributed by atoms with Crippen molar-refractivity contribution in [1.82, 2.24) is 0 Å². The van der Waals surface area contributed by atoms with Crippen LogP contribution in [0.1, 0.15) is 29.6 Å². The molecule has 16 heavy (non-hydrogen) atoms. The van der Waals surface area contributed by atoms with E-state index in [1.807, 2.05) is 0 Å². The molecule has 1 aliphatic carbocycles. The number of anilines is 1. The zero-order chi connectivity index (χ0) is 11.5. The highest BCUT2D eigenvalue weighted by Crippen LogP contribution is 2.25. The van der Waals surface area contributed by atoms with E-state index in [1.165, 1.54) is 19.6 Å². The molecule has 0 unspecified atom stereocenters. The molecule has 1 aliphatic rings. The van der Waals surface area contributed by atoms with Crippen LogP contribution in [0.5, 0.6) is 0 Å². The summed E-state index contributed by atoms with van der Waals surface area (Å²) in [6.07, 6.45) is 3.36. The van der Waals surface area contributed by atoms with Gasteiger partial charge in [-0.3, -0.25) is 0 Å². The number of rotatable bonds is 3. The van der Waals surface area contributed by atoms with Crippen LogP contribution >= 0.6 is 0 Å². The Balaban J connectivity index is 2.12. The number of hydrogen-bond acceptors (Lipinski definition) is 3. The Morgan fingerprint density at radius 2 is 2.25 bits per heavy atom. The number of carbonyl (C=O) groups is 1. The lowest BCUT2D eigenvalue weighted by atomic mass is 9.93. The fraction of sp³-hybridized carbons (Fsp3) is 0.417. The number of benzene rings is 1. The van der Waals surface area contributed by atoms with E-state index in [4.69, 9.17) is 0 Å². The Morgan fingerprint density at radius 3 is 2.75 bits per heavy atom. The van der Waals surface area contributed by atoms with Crippen LogP contribution in [0.3, 0.4) is 0 Å². The molecule has 1 aromatic rings. The van der Waals surface area contributed by atoms with Gasteiger partial charge in [-0.25, -0.2) is 9.18 Å². The second kappa shape index (κ2) is 4.51. The van der Waals surface area contributed by atoms with Crippen LogP contribution in [0.15, 0.2) is 18.2 Å². The Hall–Kier alpha value is -1.58. The SMILES string of the molecule is COC(=O)c1ccc(NC2CCC2)c(F)c1. The highest BCUT2D eigenvalue weighted by molar-refractivity contribution is 5.89. The molecule has 0 bridgehead atoms. The van der Waals surface area contributed by atoms with Gasteiger partial charge in [-0.05, 0) is 37.5 Å². The van der Waals surface area contributed by atoms with Crippen LogP contribution < -0.4 is 5.32 Å². The minimum absolute atomic E-state index is 0.235. The summed E-state index contributed by atoms with van der Waals surface area (Å²) in [6, 6.07) is 4.72. The van der Waals surface area contributed by atoms with Gasteiger partial charge in [-0.1, -0.05) is 0 Å². The molecule has 3 nitrogen and oxygen atoms in total. The van der Waals surface area contributed by atoms with Crippen molar-refractivity contribution in [2.75, 3.05) is 12.4 Å². The quantitative estimate of drug-likeness (QED) is 0.800. The number of ether oxygens (including phenoxy) is 1. The molecular formula is C12H14FNO2. The first kappa shape index (κ1) is 10.9. The summed E-state index contributed by atoms with van der Waals surface area (Å²) in [5.41, 5.74) is 0.691. The molecule has 0 aliphatic heterocycles. The minimum atomic E-state index is -0.519. The molecule has 1 fully saturated rings. The van der Waals surface area contributed by atoms with Crippen molar-refractivity contribution >= 4 is 11.7 Å². The average Bonchev–Trinajstić information content (AvgIpc) is 2.23. The first-order valence-electron chi connectivity index (χ1n) is 5.35. The van der Waals surface area contributed by atoms with Gasteiger partial charge >= 0.3 is 5.97 Å². The lowest BCUT2D eigenvalue weighted by Crippen LogP contribution is -2.27. The standard InChI is InChI=1S/C12H14FNO2/c1-16-12(15)8-5-6-11(10(13)7-8)14-9-3-2-4-9/h5-7,9,14H,2-4H2,1H3. The first-order valence-corrected chi connectivity index (χ1v) is 5.35. The number of hydrogen-bond donors (Lipinski definition) is 1. The van der Waals surface area contributed by atoms with E-state index in [0.717, 1.165) is 12.8 Å². The summed E-state index contributed by atoms with van der Waals surface area (Å²) >= 11 is 0. The van der Waals surface area contributed by atoms with E-state index in [0.29, 0.717) is 11.7 Å². The number of methoxy groups -OCH3 is 1. The van der Waals surface area contributed by atoms with Crippen molar-refractivity contribution in [3.8, 4) is 0 Å². The summed E-state index contributed by atoms with van der Waals surface area (Å²) in [7, 11) is 1.28. The zero-order valence-electron chi connectivity index (χ0n) is 9.13. The van der Waals surface area contributed by atoms with Gasteiger partial charge in [0.05, 0.1) is 18.4 Å². The van der Waals surface area contributed by atoms with Gasteiger partial charge in [-0.15, -0.1) is 0 Å². The highest BCUT2D eigenvalue weighted by atomic mass is 19.1. The average molecular weight is 223 g/mol. The Kier molecular flexibility index (Phi) is 3.08.